The first kappa shape index (κ1) is 12.5. The van der Waals surface area contributed by atoms with Gasteiger partial charge in [0.25, 0.3) is 5.91 Å². The van der Waals surface area contributed by atoms with Crippen molar-refractivity contribution in [1.82, 2.24) is 16.2 Å². The molecule has 2 heterocycles. The summed E-state index contributed by atoms with van der Waals surface area (Å²) < 4.78 is 14.4. The van der Waals surface area contributed by atoms with Gasteiger partial charge in [-0.25, -0.2) is 9.82 Å². The fraction of sp³-hybridized carbons (Fsp3) is 0.308. The molecule has 1 aliphatic heterocycles. The number of rotatable bonds is 2. The molecule has 4 nitrogen and oxygen atoms in total. The maximum absolute atomic E-state index is 13.6. The number of carbonyl (C=O) groups is 1. The van der Waals surface area contributed by atoms with E-state index in [1.165, 1.54) is 17.4 Å². The quantitative estimate of drug-likeness (QED) is 0.788. The van der Waals surface area contributed by atoms with Crippen molar-refractivity contribution in [3.63, 3.8) is 0 Å². The Morgan fingerprint density at radius 2 is 2.32 bits per heavy atom. The van der Waals surface area contributed by atoms with Gasteiger partial charge in [-0.05, 0) is 31.5 Å². The summed E-state index contributed by atoms with van der Waals surface area (Å²) in [5, 5.41) is 3.38. The van der Waals surface area contributed by atoms with Crippen LogP contribution in [0, 0.1) is 5.82 Å². The predicted octanol–water partition coefficient (Wildman–Crippen LogP) is 1.98. The minimum absolute atomic E-state index is 0.0856. The number of thiophene rings is 1. The highest BCUT2D eigenvalue weighted by Crippen LogP contribution is 2.27. The van der Waals surface area contributed by atoms with Crippen LogP contribution < -0.4 is 16.2 Å². The number of halogens is 1. The lowest BCUT2D eigenvalue weighted by Crippen LogP contribution is -2.44. The number of carbonyl (C=O) groups excluding carboxylic acids is 1. The highest BCUT2D eigenvalue weighted by molar-refractivity contribution is 7.20. The Bertz CT molecular complexity index is 627. The maximum Gasteiger partial charge on any atom is 0.262 e. The van der Waals surface area contributed by atoms with E-state index in [2.05, 4.69) is 16.2 Å². The second-order valence-electron chi connectivity index (χ2n) is 4.71. The van der Waals surface area contributed by atoms with Crippen LogP contribution in [-0.4, -0.2) is 18.1 Å². The number of hydrazine groups is 1. The largest absolute Gasteiger partial charge is 0.335 e. The van der Waals surface area contributed by atoms with Crippen LogP contribution in [0.1, 0.15) is 23.0 Å². The normalized spacial score (nSPS) is 22.8. The Labute approximate surface area is 114 Å². The van der Waals surface area contributed by atoms with E-state index in [-0.39, 0.29) is 17.9 Å². The van der Waals surface area contributed by atoms with Crippen molar-refractivity contribution in [3.05, 3.63) is 35.0 Å². The standard InChI is InChI=1S/C13H14FN3OS/c1-7-5-12(17-16-7)15-13(18)11-6-8-9(14)3-2-4-10(8)19-11/h2-4,6-7,12,16-17H,5H2,1H3,(H,15,18). The van der Waals surface area contributed by atoms with Crippen molar-refractivity contribution in [2.75, 3.05) is 0 Å². The summed E-state index contributed by atoms with van der Waals surface area (Å²) in [6.45, 7) is 2.04. The number of amides is 1. The van der Waals surface area contributed by atoms with Gasteiger partial charge in [0.05, 0.1) is 11.0 Å². The summed E-state index contributed by atoms with van der Waals surface area (Å²) in [6, 6.07) is 6.80. The molecule has 0 bridgehead atoms. The topological polar surface area (TPSA) is 53.2 Å². The molecule has 3 rings (SSSR count). The molecule has 2 unspecified atom stereocenters. The zero-order valence-electron chi connectivity index (χ0n) is 10.4. The van der Waals surface area contributed by atoms with E-state index < -0.39 is 0 Å². The van der Waals surface area contributed by atoms with Crippen LogP contribution >= 0.6 is 11.3 Å². The molecule has 2 aromatic rings. The SMILES string of the molecule is CC1CC(NC(=O)c2cc3c(F)cccc3s2)NN1. The van der Waals surface area contributed by atoms with E-state index in [4.69, 9.17) is 0 Å². The van der Waals surface area contributed by atoms with Gasteiger partial charge < -0.3 is 5.32 Å². The molecule has 1 amide bonds. The molecule has 0 spiro atoms. The minimum atomic E-state index is -0.290. The number of hydrogen-bond acceptors (Lipinski definition) is 4. The second kappa shape index (κ2) is 4.88. The molecule has 6 heteroatoms. The number of hydrogen-bond donors (Lipinski definition) is 3. The lowest BCUT2D eigenvalue weighted by atomic mass is 10.2. The molecule has 19 heavy (non-hydrogen) atoms. The Balaban J connectivity index is 1.80. The van der Waals surface area contributed by atoms with Crippen LogP contribution in [0.4, 0.5) is 4.39 Å². The minimum Gasteiger partial charge on any atom is -0.335 e. The van der Waals surface area contributed by atoms with Gasteiger partial charge in [-0.3, -0.25) is 10.2 Å². The highest BCUT2D eigenvalue weighted by Gasteiger charge is 2.22. The van der Waals surface area contributed by atoms with E-state index >= 15 is 0 Å². The van der Waals surface area contributed by atoms with Crippen molar-refractivity contribution >= 4 is 27.3 Å². The van der Waals surface area contributed by atoms with Crippen molar-refractivity contribution in [1.29, 1.82) is 0 Å². The van der Waals surface area contributed by atoms with Crippen molar-refractivity contribution in [3.8, 4) is 0 Å². The van der Waals surface area contributed by atoms with E-state index in [0.29, 0.717) is 16.3 Å². The summed E-state index contributed by atoms with van der Waals surface area (Å²) in [5.74, 6) is -0.462. The van der Waals surface area contributed by atoms with E-state index in [9.17, 15) is 9.18 Å². The molecule has 100 valence electrons. The fourth-order valence-electron chi connectivity index (χ4n) is 2.18. The maximum atomic E-state index is 13.6. The van der Waals surface area contributed by atoms with Gasteiger partial charge in [0.2, 0.25) is 0 Å². The monoisotopic (exact) mass is 279 g/mol. The van der Waals surface area contributed by atoms with Gasteiger partial charge in [0, 0.05) is 16.1 Å². The molecular formula is C13H14FN3OS. The smallest absolute Gasteiger partial charge is 0.262 e. The molecule has 1 aliphatic rings. The molecule has 0 radical (unpaired) electrons. The van der Waals surface area contributed by atoms with Crippen molar-refractivity contribution in [2.24, 2.45) is 0 Å². The van der Waals surface area contributed by atoms with Gasteiger partial charge >= 0.3 is 0 Å². The first-order valence-electron chi connectivity index (χ1n) is 6.13. The molecule has 1 fully saturated rings. The summed E-state index contributed by atoms with van der Waals surface area (Å²) in [5.41, 5.74) is 6.04. The second-order valence-corrected chi connectivity index (χ2v) is 5.80. The first-order valence-corrected chi connectivity index (χ1v) is 6.95. The van der Waals surface area contributed by atoms with Crippen molar-refractivity contribution in [2.45, 2.75) is 25.6 Å². The van der Waals surface area contributed by atoms with Crippen LogP contribution in [0.2, 0.25) is 0 Å². The molecular weight excluding hydrogens is 265 g/mol. The third kappa shape index (κ3) is 2.47. The molecule has 2 atom stereocenters. The van der Waals surface area contributed by atoms with Gasteiger partial charge in [-0.2, -0.15) is 0 Å². The molecule has 0 aliphatic carbocycles. The third-order valence-electron chi connectivity index (χ3n) is 3.13. The first-order chi connectivity index (χ1) is 9.13. The lowest BCUT2D eigenvalue weighted by Gasteiger charge is -2.10. The van der Waals surface area contributed by atoms with Gasteiger partial charge in [0.1, 0.15) is 5.82 Å². The summed E-state index contributed by atoms with van der Waals surface area (Å²) in [4.78, 5) is 12.6. The summed E-state index contributed by atoms with van der Waals surface area (Å²) >= 11 is 1.30. The van der Waals surface area contributed by atoms with E-state index in [0.717, 1.165) is 11.1 Å². The Hall–Kier alpha value is -1.50. The zero-order chi connectivity index (χ0) is 13.4. The van der Waals surface area contributed by atoms with Crippen molar-refractivity contribution < 1.29 is 9.18 Å². The van der Waals surface area contributed by atoms with Crippen LogP contribution in [-0.2, 0) is 0 Å². The van der Waals surface area contributed by atoms with E-state index in [1.807, 2.05) is 13.0 Å². The molecule has 3 N–H and O–H groups in total. The fourth-order valence-corrected chi connectivity index (χ4v) is 3.15. The molecule has 1 aromatic carbocycles. The predicted molar refractivity (Wildman–Crippen MR) is 73.4 cm³/mol. The van der Waals surface area contributed by atoms with Gasteiger partial charge in [0.15, 0.2) is 0 Å². The van der Waals surface area contributed by atoms with Gasteiger partial charge in [-0.1, -0.05) is 6.07 Å². The number of benzene rings is 1. The molecule has 0 saturated carbocycles. The van der Waals surface area contributed by atoms with Gasteiger partial charge in [-0.15, -0.1) is 11.3 Å². The third-order valence-corrected chi connectivity index (χ3v) is 4.23. The van der Waals surface area contributed by atoms with Crippen LogP contribution in [0.5, 0.6) is 0 Å². The summed E-state index contributed by atoms with van der Waals surface area (Å²) in [6.07, 6.45) is 0.739. The average molecular weight is 279 g/mol. The Morgan fingerprint density at radius 3 is 3.00 bits per heavy atom. The van der Waals surface area contributed by atoms with Crippen LogP contribution in [0.25, 0.3) is 10.1 Å². The lowest BCUT2D eigenvalue weighted by molar-refractivity contribution is 0.0936. The summed E-state index contributed by atoms with van der Waals surface area (Å²) in [7, 11) is 0. The number of fused-ring (bicyclic) bond motifs is 1. The Morgan fingerprint density at radius 1 is 1.47 bits per heavy atom. The van der Waals surface area contributed by atoms with Crippen LogP contribution in [0.3, 0.4) is 0 Å². The average Bonchev–Trinajstić information content (AvgIpc) is 2.96. The number of nitrogens with one attached hydrogen (secondary N) is 3. The van der Waals surface area contributed by atoms with Crippen LogP contribution in [0.15, 0.2) is 24.3 Å². The molecule has 1 saturated heterocycles. The van der Waals surface area contributed by atoms with E-state index in [1.54, 1.807) is 12.1 Å². The zero-order valence-corrected chi connectivity index (χ0v) is 11.2. The highest BCUT2D eigenvalue weighted by atomic mass is 32.1. The Kier molecular flexibility index (Phi) is 3.22. The molecule has 1 aromatic heterocycles.